The molecule has 0 aliphatic rings. The molecule has 2 heteroatoms. The van der Waals surface area contributed by atoms with Crippen molar-refractivity contribution >= 4 is 11.8 Å². The largest absolute Gasteiger partial charge is 0.398 e. The lowest BCUT2D eigenvalue weighted by Crippen LogP contribution is -1.99. The summed E-state index contributed by atoms with van der Waals surface area (Å²) in [6.07, 6.45) is 3.86. The molecule has 1 aromatic heterocycles. The van der Waals surface area contributed by atoms with Gasteiger partial charge in [0.25, 0.3) is 0 Å². The van der Waals surface area contributed by atoms with Gasteiger partial charge >= 0.3 is 0 Å². The van der Waals surface area contributed by atoms with E-state index in [9.17, 15) is 0 Å². The zero-order valence-corrected chi connectivity index (χ0v) is 11.1. The molecular weight excluding hydrogens is 220 g/mol. The molecule has 0 bridgehead atoms. The third kappa shape index (κ3) is 2.59. The Hall–Kier alpha value is -2.09. The van der Waals surface area contributed by atoms with Gasteiger partial charge in [-0.1, -0.05) is 24.3 Å². The fraction of sp³-hybridized carbons (Fsp3) is 0.188. The molecule has 2 N–H and O–H groups in total. The molecule has 92 valence electrons. The molecule has 0 saturated heterocycles. The minimum atomic E-state index is 0.779. The van der Waals surface area contributed by atoms with E-state index in [4.69, 9.17) is 5.73 Å². The van der Waals surface area contributed by atoms with E-state index in [0.29, 0.717) is 0 Å². The van der Waals surface area contributed by atoms with Gasteiger partial charge in [0.05, 0.1) is 0 Å². The van der Waals surface area contributed by atoms with Crippen LogP contribution in [0.2, 0.25) is 0 Å². The number of pyridine rings is 1. The average Bonchev–Trinajstić information content (AvgIpc) is 2.33. The van der Waals surface area contributed by atoms with Crippen LogP contribution in [0.15, 0.2) is 36.5 Å². The van der Waals surface area contributed by atoms with Crippen LogP contribution >= 0.6 is 0 Å². The molecule has 0 aliphatic heterocycles. The molecular formula is C16H18N2. The molecule has 2 nitrogen and oxygen atoms in total. The Morgan fingerprint density at radius 3 is 2.50 bits per heavy atom. The topological polar surface area (TPSA) is 38.9 Å². The molecule has 0 aliphatic carbocycles. The molecule has 2 rings (SSSR count). The average molecular weight is 238 g/mol. The number of aryl methyl sites for hydroxylation is 3. The second-order valence-corrected chi connectivity index (χ2v) is 4.60. The SMILES string of the molecule is Cc1cc(C)c(/C=C(\N)c2ccccc2C)cn1. The lowest BCUT2D eigenvalue weighted by Gasteiger charge is -2.07. The van der Waals surface area contributed by atoms with Crippen molar-refractivity contribution in [1.29, 1.82) is 0 Å². The molecule has 18 heavy (non-hydrogen) atoms. The van der Waals surface area contributed by atoms with Crippen molar-refractivity contribution in [3.8, 4) is 0 Å². The van der Waals surface area contributed by atoms with Gasteiger partial charge in [0.1, 0.15) is 0 Å². The Morgan fingerprint density at radius 2 is 1.83 bits per heavy atom. The van der Waals surface area contributed by atoms with Gasteiger partial charge in [-0.05, 0) is 49.6 Å². The van der Waals surface area contributed by atoms with Crippen LogP contribution < -0.4 is 5.73 Å². The summed E-state index contributed by atoms with van der Waals surface area (Å²) in [5, 5.41) is 0. The second kappa shape index (κ2) is 5.05. The van der Waals surface area contributed by atoms with Crippen LogP contribution in [0.4, 0.5) is 0 Å². The number of benzene rings is 1. The van der Waals surface area contributed by atoms with Gasteiger partial charge in [-0.3, -0.25) is 4.98 Å². The van der Waals surface area contributed by atoms with Gasteiger partial charge in [0, 0.05) is 23.2 Å². The number of nitrogens with zero attached hydrogens (tertiary/aromatic N) is 1. The smallest absolute Gasteiger partial charge is 0.0396 e. The summed E-state index contributed by atoms with van der Waals surface area (Å²) in [4.78, 5) is 4.31. The highest BCUT2D eigenvalue weighted by Crippen LogP contribution is 2.18. The van der Waals surface area contributed by atoms with Crippen LogP contribution in [0.3, 0.4) is 0 Å². The zero-order chi connectivity index (χ0) is 13.1. The highest BCUT2D eigenvalue weighted by molar-refractivity contribution is 5.81. The molecule has 1 heterocycles. The van der Waals surface area contributed by atoms with E-state index < -0.39 is 0 Å². The van der Waals surface area contributed by atoms with E-state index in [-0.39, 0.29) is 0 Å². The molecule has 2 aromatic rings. The number of nitrogens with two attached hydrogens (primary N) is 1. The lowest BCUT2D eigenvalue weighted by atomic mass is 10.0. The van der Waals surface area contributed by atoms with Crippen molar-refractivity contribution in [2.45, 2.75) is 20.8 Å². The fourth-order valence-corrected chi connectivity index (χ4v) is 2.00. The first-order chi connectivity index (χ1) is 8.58. The summed E-state index contributed by atoms with van der Waals surface area (Å²) in [7, 11) is 0. The Labute approximate surface area is 108 Å². The lowest BCUT2D eigenvalue weighted by molar-refractivity contribution is 1.17. The quantitative estimate of drug-likeness (QED) is 0.870. The Morgan fingerprint density at radius 1 is 1.11 bits per heavy atom. The van der Waals surface area contributed by atoms with Crippen molar-refractivity contribution in [2.75, 3.05) is 0 Å². The van der Waals surface area contributed by atoms with Crippen LogP contribution in [0.25, 0.3) is 11.8 Å². The minimum Gasteiger partial charge on any atom is -0.398 e. The highest BCUT2D eigenvalue weighted by atomic mass is 14.7. The van der Waals surface area contributed by atoms with Gasteiger partial charge in [-0.15, -0.1) is 0 Å². The number of hydrogen-bond acceptors (Lipinski definition) is 2. The van der Waals surface area contributed by atoms with E-state index in [1.807, 2.05) is 37.4 Å². The summed E-state index contributed by atoms with van der Waals surface area (Å²) < 4.78 is 0. The number of rotatable bonds is 2. The van der Waals surface area contributed by atoms with Crippen molar-refractivity contribution < 1.29 is 0 Å². The highest BCUT2D eigenvalue weighted by Gasteiger charge is 2.02. The molecule has 0 atom stereocenters. The first kappa shape index (κ1) is 12.4. The van der Waals surface area contributed by atoms with Gasteiger partial charge < -0.3 is 5.73 Å². The van der Waals surface area contributed by atoms with Crippen LogP contribution in [-0.2, 0) is 0 Å². The van der Waals surface area contributed by atoms with Gasteiger partial charge in [-0.2, -0.15) is 0 Å². The van der Waals surface area contributed by atoms with Crippen LogP contribution in [0, 0.1) is 20.8 Å². The van der Waals surface area contributed by atoms with Crippen molar-refractivity contribution in [2.24, 2.45) is 5.73 Å². The fourth-order valence-electron chi connectivity index (χ4n) is 2.00. The first-order valence-electron chi connectivity index (χ1n) is 6.04. The van der Waals surface area contributed by atoms with Gasteiger partial charge in [0.2, 0.25) is 0 Å². The van der Waals surface area contributed by atoms with Crippen molar-refractivity contribution in [3.63, 3.8) is 0 Å². The molecule has 0 radical (unpaired) electrons. The summed E-state index contributed by atoms with van der Waals surface area (Å²) >= 11 is 0. The van der Waals surface area contributed by atoms with E-state index in [1.54, 1.807) is 0 Å². The summed E-state index contributed by atoms with van der Waals surface area (Å²) in [6.45, 7) is 6.13. The third-order valence-corrected chi connectivity index (χ3v) is 3.06. The third-order valence-electron chi connectivity index (χ3n) is 3.06. The maximum absolute atomic E-state index is 6.17. The maximum atomic E-state index is 6.17. The Kier molecular flexibility index (Phi) is 3.47. The van der Waals surface area contributed by atoms with E-state index in [1.165, 1.54) is 11.1 Å². The van der Waals surface area contributed by atoms with Crippen molar-refractivity contribution in [3.05, 3.63) is 64.5 Å². The predicted molar refractivity (Wildman–Crippen MR) is 76.9 cm³/mol. The minimum absolute atomic E-state index is 0.779. The van der Waals surface area contributed by atoms with Crippen LogP contribution in [0.1, 0.15) is 27.9 Å². The summed E-state index contributed by atoms with van der Waals surface area (Å²) in [5.41, 5.74) is 12.5. The second-order valence-electron chi connectivity index (χ2n) is 4.60. The molecule has 0 spiro atoms. The predicted octanol–water partition coefficient (Wildman–Crippen LogP) is 3.46. The first-order valence-corrected chi connectivity index (χ1v) is 6.04. The van der Waals surface area contributed by atoms with Crippen LogP contribution in [-0.4, -0.2) is 4.98 Å². The molecule has 0 fully saturated rings. The zero-order valence-electron chi connectivity index (χ0n) is 11.1. The van der Waals surface area contributed by atoms with E-state index in [0.717, 1.165) is 22.5 Å². The maximum Gasteiger partial charge on any atom is 0.0396 e. The standard InChI is InChI=1S/C16H18N2/c1-11-6-4-5-7-15(11)16(17)9-14-10-18-13(3)8-12(14)2/h4-10H,17H2,1-3H3/b16-9-. The molecule has 0 amide bonds. The molecule has 0 unspecified atom stereocenters. The summed E-state index contributed by atoms with van der Waals surface area (Å²) in [6, 6.07) is 10.2. The van der Waals surface area contributed by atoms with E-state index in [2.05, 4.69) is 31.0 Å². The van der Waals surface area contributed by atoms with Crippen molar-refractivity contribution in [1.82, 2.24) is 4.98 Å². The van der Waals surface area contributed by atoms with Gasteiger partial charge in [-0.25, -0.2) is 0 Å². The van der Waals surface area contributed by atoms with Crippen LogP contribution in [0.5, 0.6) is 0 Å². The monoisotopic (exact) mass is 238 g/mol. The number of aromatic nitrogens is 1. The molecule has 0 saturated carbocycles. The Bertz CT molecular complexity index is 598. The van der Waals surface area contributed by atoms with Gasteiger partial charge in [0.15, 0.2) is 0 Å². The number of hydrogen-bond donors (Lipinski definition) is 1. The molecule has 1 aromatic carbocycles. The summed E-state index contributed by atoms with van der Waals surface area (Å²) in [5.74, 6) is 0. The normalized spacial score (nSPS) is 11.6. The Balaban J connectivity index is 2.42. The van der Waals surface area contributed by atoms with E-state index >= 15 is 0 Å².